The number of hydrogen-bond acceptors (Lipinski definition) is 4. The first-order valence-electron chi connectivity index (χ1n) is 7.73. The fourth-order valence-electron chi connectivity index (χ4n) is 2.46. The van der Waals surface area contributed by atoms with E-state index in [1.54, 1.807) is 0 Å². The van der Waals surface area contributed by atoms with E-state index in [0.717, 1.165) is 28.7 Å². The zero-order valence-corrected chi connectivity index (χ0v) is 13.5. The second-order valence-electron chi connectivity index (χ2n) is 5.92. The van der Waals surface area contributed by atoms with Gasteiger partial charge in [0.05, 0.1) is 5.69 Å². The number of aromatic nitrogens is 3. The molecule has 0 aliphatic rings. The molecule has 0 fully saturated rings. The molecule has 6 heteroatoms. The highest BCUT2D eigenvalue weighted by molar-refractivity contribution is 5.90. The molecular formula is C17H20N4O2. The van der Waals surface area contributed by atoms with E-state index in [2.05, 4.69) is 29.4 Å². The minimum Gasteiger partial charge on any atom is -0.466 e. The van der Waals surface area contributed by atoms with Crippen LogP contribution in [0.3, 0.4) is 0 Å². The molecule has 0 bridgehead atoms. The zero-order valence-electron chi connectivity index (χ0n) is 13.5. The average molecular weight is 312 g/mol. The Bertz CT molecular complexity index is 832. The summed E-state index contributed by atoms with van der Waals surface area (Å²) in [5, 5.41) is 11.2. The quantitative estimate of drug-likeness (QED) is 0.784. The van der Waals surface area contributed by atoms with Crippen LogP contribution in [0.1, 0.15) is 43.5 Å². The minimum atomic E-state index is -0.0439. The molecule has 3 aromatic rings. The number of nitrogens with zero attached hydrogens (tertiary/aromatic N) is 3. The van der Waals surface area contributed by atoms with Crippen LogP contribution in [0.5, 0.6) is 0 Å². The molecule has 1 N–H and O–H groups in total. The van der Waals surface area contributed by atoms with Crippen LogP contribution in [-0.2, 0) is 11.2 Å². The molecule has 3 aromatic heterocycles. The topological polar surface area (TPSA) is 72.4 Å². The van der Waals surface area contributed by atoms with Crippen molar-refractivity contribution in [3.63, 3.8) is 0 Å². The van der Waals surface area contributed by atoms with Gasteiger partial charge < -0.3 is 9.73 Å². The van der Waals surface area contributed by atoms with Crippen LogP contribution in [-0.4, -0.2) is 20.5 Å². The molecular weight excluding hydrogens is 292 g/mol. The van der Waals surface area contributed by atoms with Crippen molar-refractivity contribution >= 4 is 17.2 Å². The zero-order chi connectivity index (χ0) is 16.4. The smallest absolute Gasteiger partial charge is 0.224 e. The molecule has 23 heavy (non-hydrogen) atoms. The Labute approximate surface area is 134 Å². The standard InChI is InChI=1S/C17H20N4O2/c1-11(2)17-20-19-15-8-5-13(10-21(15)17)18-16(22)9-7-14-6-4-12(3)23-14/h4-6,8,10-11H,7,9H2,1-3H3,(H,18,22). The van der Waals surface area contributed by atoms with E-state index in [4.69, 9.17) is 4.42 Å². The van der Waals surface area contributed by atoms with Crippen LogP contribution in [0.25, 0.3) is 5.65 Å². The van der Waals surface area contributed by atoms with E-state index in [9.17, 15) is 4.79 Å². The van der Waals surface area contributed by atoms with Crippen molar-refractivity contribution in [2.45, 2.75) is 39.5 Å². The number of carbonyl (C=O) groups excluding carboxylic acids is 1. The Morgan fingerprint density at radius 3 is 2.78 bits per heavy atom. The van der Waals surface area contributed by atoms with Crippen molar-refractivity contribution in [1.29, 1.82) is 0 Å². The average Bonchev–Trinajstić information content (AvgIpc) is 3.11. The summed E-state index contributed by atoms with van der Waals surface area (Å²) in [4.78, 5) is 12.1. The predicted molar refractivity (Wildman–Crippen MR) is 87.5 cm³/mol. The second kappa shape index (κ2) is 6.24. The number of nitrogens with one attached hydrogen (secondary N) is 1. The molecule has 0 aliphatic heterocycles. The molecule has 6 nitrogen and oxygen atoms in total. The number of rotatable bonds is 5. The van der Waals surface area contributed by atoms with Crippen LogP contribution in [0.2, 0.25) is 0 Å². The van der Waals surface area contributed by atoms with Gasteiger partial charge in [-0.3, -0.25) is 9.20 Å². The summed E-state index contributed by atoms with van der Waals surface area (Å²) in [6.45, 7) is 6.02. The predicted octanol–water partition coefficient (Wildman–Crippen LogP) is 3.33. The lowest BCUT2D eigenvalue weighted by Gasteiger charge is -2.07. The molecule has 3 heterocycles. The van der Waals surface area contributed by atoms with Gasteiger partial charge in [-0.25, -0.2) is 0 Å². The monoisotopic (exact) mass is 312 g/mol. The number of pyridine rings is 1. The first kappa shape index (κ1) is 15.3. The lowest BCUT2D eigenvalue weighted by atomic mass is 10.2. The van der Waals surface area contributed by atoms with Crippen molar-refractivity contribution < 1.29 is 9.21 Å². The van der Waals surface area contributed by atoms with E-state index in [1.807, 2.05) is 41.8 Å². The van der Waals surface area contributed by atoms with Crippen molar-refractivity contribution in [2.75, 3.05) is 5.32 Å². The summed E-state index contributed by atoms with van der Waals surface area (Å²) in [6.07, 6.45) is 2.83. The summed E-state index contributed by atoms with van der Waals surface area (Å²) in [6, 6.07) is 7.49. The van der Waals surface area contributed by atoms with Gasteiger partial charge in [-0.05, 0) is 31.2 Å². The number of carbonyl (C=O) groups is 1. The minimum absolute atomic E-state index is 0.0439. The van der Waals surface area contributed by atoms with Gasteiger partial charge in [-0.1, -0.05) is 13.8 Å². The molecule has 120 valence electrons. The highest BCUT2D eigenvalue weighted by atomic mass is 16.3. The largest absolute Gasteiger partial charge is 0.466 e. The number of fused-ring (bicyclic) bond motifs is 1. The van der Waals surface area contributed by atoms with Crippen LogP contribution >= 0.6 is 0 Å². The van der Waals surface area contributed by atoms with E-state index in [0.29, 0.717) is 12.8 Å². The van der Waals surface area contributed by atoms with E-state index in [1.165, 1.54) is 0 Å². The summed E-state index contributed by atoms with van der Waals surface area (Å²) in [7, 11) is 0. The van der Waals surface area contributed by atoms with Gasteiger partial charge in [0.2, 0.25) is 5.91 Å². The van der Waals surface area contributed by atoms with Crippen LogP contribution < -0.4 is 5.32 Å². The number of furan rings is 1. The SMILES string of the molecule is Cc1ccc(CCC(=O)Nc2ccc3nnc(C(C)C)n3c2)o1. The van der Waals surface area contributed by atoms with Crippen LogP contribution in [0.4, 0.5) is 5.69 Å². The molecule has 1 amide bonds. The molecule has 0 atom stereocenters. The Balaban J connectivity index is 1.68. The lowest BCUT2D eigenvalue weighted by Crippen LogP contribution is -2.12. The van der Waals surface area contributed by atoms with E-state index >= 15 is 0 Å². The Hall–Kier alpha value is -2.63. The van der Waals surface area contributed by atoms with E-state index in [-0.39, 0.29) is 11.8 Å². The highest BCUT2D eigenvalue weighted by Gasteiger charge is 2.11. The molecule has 0 saturated carbocycles. The third-order valence-corrected chi connectivity index (χ3v) is 3.62. The lowest BCUT2D eigenvalue weighted by molar-refractivity contribution is -0.116. The Kier molecular flexibility index (Phi) is 4.14. The summed E-state index contributed by atoms with van der Waals surface area (Å²) in [5.74, 6) is 2.78. The number of aryl methyl sites for hydroxylation is 2. The molecule has 0 aliphatic carbocycles. The number of anilines is 1. The van der Waals surface area contributed by atoms with Gasteiger partial charge in [0.1, 0.15) is 17.3 Å². The molecule has 0 aromatic carbocycles. The van der Waals surface area contributed by atoms with Gasteiger partial charge in [0, 0.05) is 25.0 Å². The summed E-state index contributed by atoms with van der Waals surface area (Å²) in [5.41, 5.74) is 1.51. The third kappa shape index (κ3) is 3.41. The highest BCUT2D eigenvalue weighted by Crippen LogP contribution is 2.17. The molecule has 0 saturated heterocycles. The summed E-state index contributed by atoms with van der Waals surface area (Å²) < 4.78 is 7.39. The Morgan fingerprint density at radius 2 is 2.09 bits per heavy atom. The van der Waals surface area contributed by atoms with Crippen LogP contribution in [0.15, 0.2) is 34.9 Å². The van der Waals surface area contributed by atoms with Gasteiger partial charge in [0.25, 0.3) is 0 Å². The molecule has 3 rings (SSSR count). The van der Waals surface area contributed by atoms with Gasteiger partial charge in [-0.2, -0.15) is 0 Å². The Morgan fingerprint density at radius 1 is 1.26 bits per heavy atom. The van der Waals surface area contributed by atoms with Crippen molar-refractivity contribution in [3.8, 4) is 0 Å². The number of amides is 1. The second-order valence-corrected chi connectivity index (χ2v) is 5.92. The first-order valence-corrected chi connectivity index (χ1v) is 7.73. The van der Waals surface area contributed by atoms with Crippen molar-refractivity contribution in [3.05, 3.63) is 47.8 Å². The van der Waals surface area contributed by atoms with Gasteiger partial charge in [-0.15, -0.1) is 10.2 Å². The molecule has 0 radical (unpaired) electrons. The first-order chi connectivity index (χ1) is 11.0. The van der Waals surface area contributed by atoms with Gasteiger partial charge >= 0.3 is 0 Å². The molecule has 0 spiro atoms. The summed E-state index contributed by atoms with van der Waals surface area (Å²) >= 11 is 0. The fraction of sp³-hybridized carbons (Fsp3) is 0.353. The maximum Gasteiger partial charge on any atom is 0.224 e. The maximum absolute atomic E-state index is 12.1. The maximum atomic E-state index is 12.1. The van der Waals surface area contributed by atoms with E-state index < -0.39 is 0 Å². The van der Waals surface area contributed by atoms with Gasteiger partial charge in [0.15, 0.2) is 5.65 Å². The van der Waals surface area contributed by atoms with Crippen molar-refractivity contribution in [1.82, 2.24) is 14.6 Å². The van der Waals surface area contributed by atoms with Crippen molar-refractivity contribution in [2.24, 2.45) is 0 Å². The normalized spacial score (nSPS) is 11.3. The molecule has 0 unspecified atom stereocenters. The number of hydrogen-bond donors (Lipinski definition) is 1. The third-order valence-electron chi connectivity index (χ3n) is 3.62. The van der Waals surface area contributed by atoms with Crippen LogP contribution in [0, 0.1) is 6.92 Å². The fourth-order valence-corrected chi connectivity index (χ4v) is 2.46.